The lowest BCUT2D eigenvalue weighted by atomic mass is 10.3. The van der Waals surface area contributed by atoms with E-state index in [1.54, 1.807) is 48.5 Å². The maximum Gasteiger partial charge on any atom is 0.262 e. The van der Waals surface area contributed by atoms with E-state index in [0.29, 0.717) is 27.2 Å². The number of halogens is 2. The molecule has 10 heteroatoms. The second-order valence-electron chi connectivity index (χ2n) is 6.27. The summed E-state index contributed by atoms with van der Waals surface area (Å²) in [6, 6.07) is 16.9. The van der Waals surface area contributed by atoms with Crippen LogP contribution in [0.25, 0.3) is 0 Å². The number of amides is 1. The first-order valence-electron chi connectivity index (χ1n) is 8.91. The fourth-order valence-electron chi connectivity index (χ4n) is 2.55. The summed E-state index contributed by atoms with van der Waals surface area (Å²) >= 11 is 11.6. The molecule has 0 heterocycles. The predicted molar refractivity (Wildman–Crippen MR) is 121 cm³/mol. The number of anilines is 2. The van der Waals surface area contributed by atoms with Gasteiger partial charge >= 0.3 is 0 Å². The van der Waals surface area contributed by atoms with Crippen LogP contribution in [0.2, 0.25) is 10.0 Å². The Kier molecular flexibility index (Phi) is 7.27. The molecule has 1 amide bonds. The molecule has 31 heavy (non-hydrogen) atoms. The molecule has 162 valence electrons. The highest BCUT2D eigenvalue weighted by Crippen LogP contribution is 2.29. The van der Waals surface area contributed by atoms with E-state index in [2.05, 4.69) is 10.0 Å². The molecule has 7 nitrogen and oxygen atoms in total. The molecule has 3 aromatic rings. The monoisotopic (exact) mass is 480 g/mol. The molecule has 0 spiro atoms. The normalized spacial score (nSPS) is 10.9. The van der Waals surface area contributed by atoms with Crippen molar-refractivity contribution in [3.05, 3.63) is 76.8 Å². The number of methoxy groups -OCH3 is 1. The number of hydrogen-bond donors (Lipinski definition) is 2. The highest BCUT2D eigenvalue weighted by atomic mass is 35.5. The first-order valence-corrected chi connectivity index (χ1v) is 11.2. The molecule has 0 fully saturated rings. The van der Waals surface area contributed by atoms with Gasteiger partial charge in [-0.2, -0.15) is 0 Å². The molecule has 0 radical (unpaired) electrons. The van der Waals surface area contributed by atoms with E-state index in [1.807, 2.05) is 0 Å². The lowest BCUT2D eigenvalue weighted by molar-refractivity contribution is -0.118. The smallest absolute Gasteiger partial charge is 0.262 e. The van der Waals surface area contributed by atoms with Gasteiger partial charge in [-0.3, -0.25) is 9.52 Å². The summed E-state index contributed by atoms with van der Waals surface area (Å²) in [5, 5.41) is 3.63. The standard InChI is InChI=1S/C21H18Cl2N2O5S/c1-29-20-11-10-18(31(27,28)25-16-6-2-14(22)3-7-16)12-19(20)24-21(26)13-30-17-8-4-15(23)5-9-17/h2-12,25H,13H2,1H3,(H,24,26). The van der Waals surface area contributed by atoms with Crippen molar-refractivity contribution in [3.8, 4) is 11.5 Å². The number of carbonyl (C=O) groups is 1. The van der Waals surface area contributed by atoms with Crippen LogP contribution in [0.4, 0.5) is 11.4 Å². The number of sulfonamides is 1. The Morgan fingerprint density at radius 3 is 2.16 bits per heavy atom. The molecule has 0 aromatic heterocycles. The Labute approximate surface area is 189 Å². The molecule has 0 aliphatic rings. The maximum absolute atomic E-state index is 12.7. The van der Waals surface area contributed by atoms with E-state index in [1.165, 1.54) is 25.3 Å². The van der Waals surface area contributed by atoms with Crippen LogP contribution in [0.15, 0.2) is 71.6 Å². The van der Waals surface area contributed by atoms with Crippen molar-refractivity contribution in [3.63, 3.8) is 0 Å². The van der Waals surface area contributed by atoms with Gasteiger partial charge in [0.05, 0.1) is 17.7 Å². The Bertz CT molecular complexity index is 1170. The zero-order valence-electron chi connectivity index (χ0n) is 16.3. The average molecular weight is 481 g/mol. The minimum Gasteiger partial charge on any atom is -0.495 e. The quantitative estimate of drug-likeness (QED) is 0.481. The van der Waals surface area contributed by atoms with Gasteiger partial charge in [0.2, 0.25) is 0 Å². The van der Waals surface area contributed by atoms with E-state index in [4.69, 9.17) is 32.7 Å². The van der Waals surface area contributed by atoms with Gasteiger partial charge < -0.3 is 14.8 Å². The Balaban J connectivity index is 1.74. The van der Waals surface area contributed by atoms with Crippen LogP contribution in [0.5, 0.6) is 11.5 Å². The van der Waals surface area contributed by atoms with Crippen molar-refractivity contribution < 1.29 is 22.7 Å². The molecular weight excluding hydrogens is 463 g/mol. The van der Waals surface area contributed by atoms with Gasteiger partial charge in [-0.15, -0.1) is 0 Å². The second kappa shape index (κ2) is 9.91. The van der Waals surface area contributed by atoms with E-state index in [0.717, 1.165) is 0 Å². The predicted octanol–water partition coefficient (Wildman–Crippen LogP) is 4.82. The van der Waals surface area contributed by atoms with Gasteiger partial charge in [-0.1, -0.05) is 23.2 Å². The molecule has 0 saturated heterocycles. The zero-order chi connectivity index (χ0) is 22.4. The van der Waals surface area contributed by atoms with Crippen LogP contribution in [-0.2, 0) is 14.8 Å². The Morgan fingerprint density at radius 2 is 1.55 bits per heavy atom. The van der Waals surface area contributed by atoms with E-state index in [9.17, 15) is 13.2 Å². The van der Waals surface area contributed by atoms with Crippen LogP contribution >= 0.6 is 23.2 Å². The average Bonchev–Trinajstić information content (AvgIpc) is 2.75. The van der Waals surface area contributed by atoms with Gasteiger partial charge in [0, 0.05) is 15.7 Å². The van der Waals surface area contributed by atoms with Crippen molar-refractivity contribution in [2.75, 3.05) is 23.8 Å². The lowest BCUT2D eigenvalue weighted by Crippen LogP contribution is -2.21. The first kappa shape index (κ1) is 22.7. The molecule has 0 unspecified atom stereocenters. The summed E-state index contributed by atoms with van der Waals surface area (Å²) in [5.41, 5.74) is 0.536. The van der Waals surface area contributed by atoms with Crippen LogP contribution < -0.4 is 19.5 Å². The van der Waals surface area contributed by atoms with Crippen molar-refractivity contribution >= 4 is 50.5 Å². The molecule has 3 aromatic carbocycles. The fraction of sp³-hybridized carbons (Fsp3) is 0.0952. The number of carbonyl (C=O) groups excluding carboxylic acids is 1. The summed E-state index contributed by atoms with van der Waals surface area (Å²) in [6.45, 7) is -0.287. The third-order valence-electron chi connectivity index (χ3n) is 4.04. The molecule has 0 aliphatic heterocycles. The number of rotatable bonds is 8. The molecule has 0 aliphatic carbocycles. The van der Waals surface area contributed by atoms with E-state index >= 15 is 0 Å². The topological polar surface area (TPSA) is 93.7 Å². The molecular formula is C21H18Cl2N2O5S. The van der Waals surface area contributed by atoms with Gasteiger partial charge in [0.25, 0.3) is 15.9 Å². The van der Waals surface area contributed by atoms with E-state index < -0.39 is 15.9 Å². The SMILES string of the molecule is COc1ccc(S(=O)(=O)Nc2ccc(Cl)cc2)cc1NC(=O)COc1ccc(Cl)cc1. The van der Waals surface area contributed by atoms with Gasteiger partial charge in [0.15, 0.2) is 6.61 Å². The van der Waals surface area contributed by atoms with Gasteiger partial charge in [-0.25, -0.2) is 8.42 Å². The zero-order valence-corrected chi connectivity index (χ0v) is 18.6. The summed E-state index contributed by atoms with van der Waals surface area (Å²) in [7, 11) is -2.50. The summed E-state index contributed by atoms with van der Waals surface area (Å²) in [5.74, 6) is 0.272. The highest BCUT2D eigenvalue weighted by molar-refractivity contribution is 7.92. The summed E-state index contributed by atoms with van der Waals surface area (Å²) < 4.78 is 38.5. The van der Waals surface area contributed by atoms with Crippen molar-refractivity contribution in [1.29, 1.82) is 0 Å². The number of nitrogens with one attached hydrogen (secondary N) is 2. The van der Waals surface area contributed by atoms with E-state index in [-0.39, 0.29) is 17.2 Å². The van der Waals surface area contributed by atoms with Crippen LogP contribution in [0, 0.1) is 0 Å². The Hall–Kier alpha value is -2.94. The molecule has 0 bridgehead atoms. The van der Waals surface area contributed by atoms with Crippen molar-refractivity contribution in [2.24, 2.45) is 0 Å². The minimum atomic E-state index is -3.91. The van der Waals surface area contributed by atoms with Gasteiger partial charge in [-0.05, 0) is 66.7 Å². The maximum atomic E-state index is 12.7. The third-order valence-corrected chi connectivity index (χ3v) is 5.92. The first-order chi connectivity index (χ1) is 14.8. The van der Waals surface area contributed by atoms with Gasteiger partial charge in [0.1, 0.15) is 11.5 Å². The summed E-state index contributed by atoms with van der Waals surface area (Å²) in [6.07, 6.45) is 0. The lowest BCUT2D eigenvalue weighted by Gasteiger charge is -2.14. The number of hydrogen-bond acceptors (Lipinski definition) is 5. The van der Waals surface area contributed by atoms with Crippen LogP contribution in [0.1, 0.15) is 0 Å². The van der Waals surface area contributed by atoms with Crippen molar-refractivity contribution in [1.82, 2.24) is 0 Å². The fourth-order valence-corrected chi connectivity index (χ4v) is 3.89. The molecule has 2 N–H and O–H groups in total. The second-order valence-corrected chi connectivity index (χ2v) is 8.82. The molecule has 0 saturated carbocycles. The number of ether oxygens (including phenoxy) is 2. The third kappa shape index (κ3) is 6.27. The number of benzene rings is 3. The van der Waals surface area contributed by atoms with Crippen molar-refractivity contribution in [2.45, 2.75) is 4.90 Å². The highest BCUT2D eigenvalue weighted by Gasteiger charge is 2.18. The van der Waals surface area contributed by atoms with Crippen LogP contribution in [-0.4, -0.2) is 28.0 Å². The molecule has 3 rings (SSSR count). The summed E-state index contributed by atoms with van der Waals surface area (Å²) in [4.78, 5) is 12.3. The Morgan fingerprint density at radius 1 is 0.935 bits per heavy atom. The van der Waals surface area contributed by atoms with Crippen LogP contribution in [0.3, 0.4) is 0 Å². The largest absolute Gasteiger partial charge is 0.495 e. The molecule has 0 atom stereocenters. The minimum absolute atomic E-state index is 0.0582.